The third-order valence-corrected chi connectivity index (χ3v) is 23.1. The van der Waals surface area contributed by atoms with Gasteiger partial charge in [0.1, 0.15) is 0 Å². The Kier molecular flexibility index (Phi) is 15.0. The zero-order valence-corrected chi connectivity index (χ0v) is 58.8. The van der Waals surface area contributed by atoms with E-state index in [2.05, 4.69) is 416 Å². The first-order chi connectivity index (χ1) is 53.1. The number of rotatable bonds is 10. The minimum Gasteiger partial charge on any atom is -0.310 e. The summed E-state index contributed by atoms with van der Waals surface area (Å²) in [6, 6.07) is 148. The van der Waals surface area contributed by atoms with E-state index in [1.807, 2.05) is 0 Å². The van der Waals surface area contributed by atoms with Crippen molar-refractivity contribution in [2.45, 2.75) is 0 Å². The van der Waals surface area contributed by atoms with Gasteiger partial charge in [-0.3, -0.25) is 0 Å². The lowest BCUT2D eigenvalue weighted by molar-refractivity contribution is 1.29. The lowest BCUT2D eigenvalue weighted by Gasteiger charge is -2.26. The van der Waals surface area contributed by atoms with Crippen LogP contribution in [-0.4, -0.2) is 20.1 Å². The number of nitrogens with zero attached hydrogens (tertiary/aromatic N) is 2. The van der Waals surface area contributed by atoms with E-state index in [9.17, 15) is 0 Å². The molecule has 0 saturated carbocycles. The van der Waals surface area contributed by atoms with Crippen LogP contribution in [0.15, 0.2) is 406 Å². The summed E-state index contributed by atoms with van der Waals surface area (Å²) in [5.74, 6) is 0. The molecule has 494 valence electrons. The molecule has 6 aliphatic heterocycles. The van der Waals surface area contributed by atoms with Crippen LogP contribution in [0.2, 0.25) is 0 Å². The van der Waals surface area contributed by atoms with E-state index in [0.29, 0.717) is 20.1 Å². The first-order valence-corrected chi connectivity index (χ1v) is 37.4. The molecule has 0 aromatic heterocycles. The van der Waals surface area contributed by atoms with Crippen LogP contribution in [0.3, 0.4) is 0 Å². The summed E-state index contributed by atoms with van der Waals surface area (Å²) in [4.78, 5) is 4.70. The Hall–Kier alpha value is -13.5. The van der Waals surface area contributed by atoms with Gasteiger partial charge in [0.15, 0.2) is 0 Å². The second kappa shape index (κ2) is 25.7. The number of fused-ring (bicyclic) bond motifs is 18. The second-order valence-corrected chi connectivity index (χ2v) is 28.8. The highest BCUT2D eigenvalue weighted by Gasteiger charge is 2.45. The molecule has 0 unspecified atom stereocenters. The van der Waals surface area contributed by atoms with Crippen molar-refractivity contribution in [3.8, 4) is 111 Å². The van der Waals surface area contributed by atoms with Crippen LogP contribution >= 0.6 is 0 Å². The third kappa shape index (κ3) is 10.4. The summed E-state index contributed by atoms with van der Waals surface area (Å²) in [6.45, 7) is 0.949. The Morgan fingerprint density at radius 2 is 0.364 bits per heavy atom. The van der Waals surface area contributed by atoms with Gasteiger partial charge in [0, 0.05) is 34.1 Å². The van der Waals surface area contributed by atoms with Crippen molar-refractivity contribution in [1.29, 1.82) is 0 Å². The molecule has 2 nitrogen and oxygen atoms in total. The fourth-order valence-electron chi connectivity index (χ4n) is 18.4. The van der Waals surface area contributed by atoms with Crippen molar-refractivity contribution >= 4 is 103 Å². The highest BCUT2D eigenvalue weighted by molar-refractivity contribution is 7.04. The molecule has 6 heterocycles. The van der Waals surface area contributed by atoms with E-state index < -0.39 is 0 Å². The standard InChI is InChI=1S/2C36H24BN.C30H19B/c2*1-4-11-25(12-5-1)26-19-21-34-32(23-26)30-17-10-18-31-33-24-29(20-22-35(33)37(34)36(30)31)38(27-13-6-2-7-14-27)28-15-8-3-9-16-28;1-3-9-20(10-4-1)22-15-16-29-25(17-22)27-19-23(21-11-5-2-6-12-21)18-26-24-13-7-8-14-28(24)31(29)30(26)27/h2*1-24H;1-19H. The molecule has 0 amide bonds. The zero-order chi connectivity index (χ0) is 70.5. The Morgan fingerprint density at radius 1 is 0.131 bits per heavy atom. The minimum atomic E-state index is 0.298. The van der Waals surface area contributed by atoms with Crippen molar-refractivity contribution < 1.29 is 0 Å². The molecule has 0 radical (unpaired) electrons. The van der Waals surface area contributed by atoms with Crippen LogP contribution in [0.25, 0.3) is 111 Å². The summed E-state index contributed by atoms with van der Waals surface area (Å²) in [5, 5.41) is 0. The largest absolute Gasteiger partial charge is 0.310 e. The van der Waals surface area contributed by atoms with Crippen LogP contribution in [0.1, 0.15) is 0 Å². The SMILES string of the molecule is c1ccc(-c2ccc3c(c2)-c2cc(-c4ccccc4)cc4c2B3c2ccccc2-4)cc1.c1ccc(-c2ccc3c(c2)-c2cccc4c2B3c2ccc(N(c3ccccc3)c3ccccc3)cc2-4)cc1.c1ccc(-c2ccc3c(c2)-c2cccc4c2B3c2ccc(N(c3ccccc3)c3ccccc3)cc2-4)cc1. The number of para-hydroxylation sites is 4. The molecule has 107 heavy (non-hydrogen) atoms. The molecule has 0 spiro atoms. The molecule has 0 saturated heterocycles. The number of benzene rings is 17. The van der Waals surface area contributed by atoms with Crippen molar-refractivity contribution in [2.24, 2.45) is 0 Å². The predicted octanol–water partition coefficient (Wildman–Crippen LogP) is 20.1. The van der Waals surface area contributed by atoms with E-state index in [1.165, 1.54) is 172 Å². The smallest absolute Gasteiger partial charge is 0.244 e. The van der Waals surface area contributed by atoms with E-state index in [-0.39, 0.29) is 0 Å². The van der Waals surface area contributed by atoms with Crippen LogP contribution < -0.4 is 59.0 Å². The van der Waals surface area contributed by atoms with Gasteiger partial charge >= 0.3 is 0 Å². The highest BCUT2D eigenvalue weighted by Crippen LogP contribution is 2.45. The Balaban J connectivity index is 0.000000103. The van der Waals surface area contributed by atoms with Crippen LogP contribution in [0.4, 0.5) is 34.1 Å². The van der Waals surface area contributed by atoms with Crippen LogP contribution in [0, 0.1) is 0 Å². The zero-order valence-electron chi connectivity index (χ0n) is 58.8. The lowest BCUT2D eigenvalue weighted by Crippen LogP contribution is -2.45. The average Bonchev–Trinajstić information content (AvgIpc) is 1.56. The van der Waals surface area contributed by atoms with Gasteiger partial charge in [0.25, 0.3) is 0 Å². The van der Waals surface area contributed by atoms with Crippen molar-refractivity contribution in [3.63, 3.8) is 0 Å². The van der Waals surface area contributed by atoms with Crippen LogP contribution in [0.5, 0.6) is 0 Å². The summed E-state index contributed by atoms with van der Waals surface area (Å²) < 4.78 is 0. The highest BCUT2D eigenvalue weighted by atomic mass is 15.1. The van der Waals surface area contributed by atoms with Gasteiger partial charge in [-0.05, 0) is 214 Å². The van der Waals surface area contributed by atoms with Gasteiger partial charge in [-0.25, -0.2) is 0 Å². The maximum absolute atomic E-state index is 2.41. The monoisotopic (exact) mass is 1350 g/mol. The molecule has 23 rings (SSSR count). The third-order valence-electron chi connectivity index (χ3n) is 23.1. The fourth-order valence-corrected chi connectivity index (χ4v) is 18.4. The molecule has 0 fully saturated rings. The Bertz CT molecular complexity index is 5960. The topological polar surface area (TPSA) is 6.48 Å². The minimum absolute atomic E-state index is 0.298. The predicted molar refractivity (Wildman–Crippen MR) is 457 cm³/mol. The molecular weight excluding hydrogens is 1290 g/mol. The Labute approximate surface area is 626 Å². The molecule has 0 aliphatic carbocycles. The molecule has 0 atom stereocenters. The summed E-state index contributed by atoms with van der Waals surface area (Å²) in [5.41, 5.74) is 46.6. The van der Waals surface area contributed by atoms with E-state index in [1.54, 1.807) is 0 Å². The molecule has 0 bridgehead atoms. The van der Waals surface area contributed by atoms with E-state index in [4.69, 9.17) is 0 Å². The quantitative estimate of drug-likeness (QED) is 0.126. The van der Waals surface area contributed by atoms with Gasteiger partial charge < -0.3 is 9.80 Å². The molecule has 0 N–H and O–H groups in total. The maximum Gasteiger partial charge on any atom is 0.244 e. The first kappa shape index (κ1) is 62.1. The maximum atomic E-state index is 2.41. The molecule has 17 aromatic carbocycles. The normalized spacial score (nSPS) is 12.2. The average molecular weight is 1350 g/mol. The van der Waals surface area contributed by atoms with E-state index in [0.717, 1.165) is 22.7 Å². The van der Waals surface area contributed by atoms with Gasteiger partial charge in [-0.2, -0.15) is 0 Å². The fraction of sp³-hybridized carbons (Fsp3) is 0. The Morgan fingerprint density at radius 3 is 0.710 bits per heavy atom. The van der Waals surface area contributed by atoms with Crippen molar-refractivity contribution in [2.75, 3.05) is 9.80 Å². The van der Waals surface area contributed by atoms with Gasteiger partial charge in [-0.15, -0.1) is 0 Å². The lowest BCUT2D eigenvalue weighted by atomic mass is 9.41. The molecule has 5 heteroatoms. The summed E-state index contributed by atoms with van der Waals surface area (Å²) in [7, 11) is 0. The second-order valence-electron chi connectivity index (χ2n) is 28.8. The molecule has 17 aromatic rings. The first-order valence-electron chi connectivity index (χ1n) is 37.4. The number of anilines is 6. The van der Waals surface area contributed by atoms with E-state index >= 15 is 0 Å². The summed E-state index contributed by atoms with van der Waals surface area (Å²) >= 11 is 0. The van der Waals surface area contributed by atoms with Gasteiger partial charge in [0.2, 0.25) is 20.1 Å². The molecular formula is C102H67B3N2. The number of hydrogen-bond acceptors (Lipinski definition) is 2. The van der Waals surface area contributed by atoms with Crippen molar-refractivity contribution in [3.05, 3.63) is 406 Å². The summed E-state index contributed by atoms with van der Waals surface area (Å²) in [6.07, 6.45) is 0. The van der Waals surface area contributed by atoms with Gasteiger partial charge in [0.05, 0.1) is 0 Å². The van der Waals surface area contributed by atoms with Crippen molar-refractivity contribution in [1.82, 2.24) is 0 Å². The van der Waals surface area contributed by atoms with Crippen LogP contribution in [-0.2, 0) is 0 Å². The van der Waals surface area contributed by atoms with Gasteiger partial charge in [-0.1, -0.05) is 352 Å². The molecule has 6 aliphatic rings. The number of hydrogen-bond donors (Lipinski definition) is 0.